The highest BCUT2D eigenvalue weighted by atomic mass is 35.5. The van der Waals surface area contributed by atoms with Crippen LogP contribution in [0.25, 0.3) is 29.1 Å². The van der Waals surface area contributed by atoms with E-state index in [0.717, 1.165) is 27.7 Å². The van der Waals surface area contributed by atoms with Crippen LogP contribution in [-0.2, 0) is 0 Å². The normalized spacial score (nSPS) is 11.6. The predicted molar refractivity (Wildman–Crippen MR) is 118 cm³/mol. The van der Waals surface area contributed by atoms with Gasteiger partial charge in [0.15, 0.2) is 0 Å². The minimum atomic E-state index is -0.117. The largest absolute Gasteiger partial charge is 0.277 e. The van der Waals surface area contributed by atoms with E-state index in [9.17, 15) is 4.79 Å². The minimum absolute atomic E-state index is 0.117. The summed E-state index contributed by atoms with van der Waals surface area (Å²) in [5, 5.41) is 1.49. The van der Waals surface area contributed by atoms with E-state index in [2.05, 4.69) is 0 Å². The maximum Gasteiger partial charge on any atom is 0.255 e. The van der Waals surface area contributed by atoms with E-state index in [1.165, 1.54) is 0 Å². The second-order valence-corrected chi connectivity index (χ2v) is 6.81. The maximum absolute atomic E-state index is 13.0. The van der Waals surface area contributed by atoms with E-state index >= 15 is 0 Å². The first-order valence-corrected chi connectivity index (χ1v) is 9.41. The Hall–Kier alpha value is -3.36. The number of carbonyl (C=O) groups is 1. The van der Waals surface area contributed by atoms with Gasteiger partial charge in [0, 0.05) is 22.2 Å². The number of carbonyl (C=O) groups excluding carboxylic acids is 1. The van der Waals surface area contributed by atoms with Crippen molar-refractivity contribution in [2.75, 3.05) is 0 Å². The van der Waals surface area contributed by atoms with Crippen LogP contribution in [0, 0.1) is 0 Å². The van der Waals surface area contributed by atoms with Gasteiger partial charge in [-0.2, -0.15) is 0 Å². The van der Waals surface area contributed by atoms with Crippen LogP contribution in [-0.4, -0.2) is 10.5 Å². The second-order valence-electron chi connectivity index (χ2n) is 6.40. The Balaban J connectivity index is 1.77. The fourth-order valence-electron chi connectivity index (χ4n) is 3.14. The van der Waals surface area contributed by atoms with Crippen molar-refractivity contribution in [2.24, 2.45) is 0 Å². The zero-order chi connectivity index (χ0) is 19.3. The highest BCUT2D eigenvalue weighted by Crippen LogP contribution is 2.28. The molecule has 0 unspecified atom stereocenters. The Morgan fingerprint density at radius 1 is 0.750 bits per heavy atom. The first-order chi connectivity index (χ1) is 13.7. The van der Waals surface area contributed by atoms with E-state index < -0.39 is 0 Å². The van der Waals surface area contributed by atoms with E-state index in [1.54, 1.807) is 10.6 Å². The van der Waals surface area contributed by atoms with Gasteiger partial charge >= 0.3 is 0 Å². The van der Waals surface area contributed by atoms with Crippen molar-refractivity contribution in [2.45, 2.75) is 0 Å². The van der Waals surface area contributed by atoms with Gasteiger partial charge in [-0.05, 0) is 41.5 Å². The number of nitrogens with zero attached hydrogens (tertiary/aromatic N) is 1. The number of benzene rings is 3. The van der Waals surface area contributed by atoms with Crippen LogP contribution in [0.5, 0.6) is 0 Å². The smallest absolute Gasteiger partial charge is 0.255 e. The topological polar surface area (TPSA) is 22.0 Å². The van der Waals surface area contributed by atoms with Gasteiger partial charge in [-0.3, -0.25) is 9.36 Å². The molecule has 0 atom stereocenters. The maximum atomic E-state index is 13.0. The van der Waals surface area contributed by atoms with Crippen molar-refractivity contribution in [1.29, 1.82) is 0 Å². The van der Waals surface area contributed by atoms with Crippen LogP contribution in [0.4, 0.5) is 0 Å². The van der Waals surface area contributed by atoms with Crippen LogP contribution in [0.15, 0.2) is 91.0 Å². The molecule has 0 N–H and O–H groups in total. The van der Waals surface area contributed by atoms with Crippen molar-refractivity contribution in [3.8, 4) is 0 Å². The Bertz CT molecular complexity index is 1170. The molecule has 0 spiro atoms. The van der Waals surface area contributed by atoms with Gasteiger partial charge in [0.05, 0.1) is 5.52 Å². The summed E-state index contributed by atoms with van der Waals surface area (Å²) in [5.74, 6) is -0.117. The molecule has 0 radical (unpaired) electrons. The molecule has 3 heteroatoms. The Morgan fingerprint density at radius 3 is 2.07 bits per heavy atom. The molecule has 0 aliphatic heterocycles. The first kappa shape index (κ1) is 18.0. The van der Waals surface area contributed by atoms with Crippen molar-refractivity contribution in [3.05, 3.63) is 113 Å². The average molecular weight is 384 g/mol. The van der Waals surface area contributed by atoms with Crippen LogP contribution in [0.2, 0.25) is 5.02 Å². The molecular weight excluding hydrogens is 366 g/mol. The zero-order valence-corrected chi connectivity index (χ0v) is 15.9. The molecule has 0 bridgehead atoms. The number of fused-ring (bicyclic) bond motifs is 1. The number of hydrogen-bond acceptors (Lipinski definition) is 1. The zero-order valence-electron chi connectivity index (χ0n) is 15.1. The molecule has 4 rings (SSSR count). The molecule has 0 fully saturated rings. The third kappa shape index (κ3) is 3.83. The second kappa shape index (κ2) is 8.12. The van der Waals surface area contributed by atoms with Crippen LogP contribution in [0.1, 0.15) is 21.6 Å². The standard InChI is InChI=1S/C25H18ClNO/c26-23-12-7-13-24-22(23)18-21(16-14-19-8-3-1-4-9-19)27(24)25(28)17-15-20-10-5-2-6-11-20/h1-18H/b16-14+,17-15+. The van der Waals surface area contributed by atoms with Crippen molar-refractivity contribution in [1.82, 2.24) is 4.57 Å². The molecule has 1 heterocycles. The average Bonchev–Trinajstić information content (AvgIpc) is 3.12. The van der Waals surface area contributed by atoms with E-state index in [4.69, 9.17) is 11.6 Å². The molecule has 1 aromatic heterocycles. The summed E-state index contributed by atoms with van der Waals surface area (Å²) >= 11 is 6.37. The minimum Gasteiger partial charge on any atom is -0.277 e. The van der Waals surface area contributed by atoms with Crippen molar-refractivity contribution < 1.29 is 4.79 Å². The molecule has 2 nitrogen and oxygen atoms in total. The van der Waals surface area contributed by atoms with Gasteiger partial charge in [0.25, 0.3) is 5.91 Å². The first-order valence-electron chi connectivity index (χ1n) is 9.03. The summed E-state index contributed by atoms with van der Waals surface area (Å²) in [6, 6.07) is 27.3. The number of rotatable bonds is 4. The van der Waals surface area contributed by atoms with E-state index in [0.29, 0.717) is 5.02 Å². The Kier molecular flexibility index (Phi) is 5.22. The van der Waals surface area contributed by atoms with Crippen molar-refractivity contribution >= 4 is 46.6 Å². The fourth-order valence-corrected chi connectivity index (χ4v) is 3.36. The summed E-state index contributed by atoms with van der Waals surface area (Å²) in [6.07, 6.45) is 7.35. The lowest BCUT2D eigenvalue weighted by Crippen LogP contribution is -2.08. The fraction of sp³-hybridized carbons (Fsp3) is 0. The van der Waals surface area contributed by atoms with Gasteiger partial charge < -0.3 is 0 Å². The van der Waals surface area contributed by atoms with Crippen LogP contribution < -0.4 is 0 Å². The monoisotopic (exact) mass is 383 g/mol. The highest BCUT2D eigenvalue weighted by molar-refractivity contribution is 6.35. The van der Waals surface area contributed by atoms with Gasteiger partial charge in [-0.25, -0.2) is 0 Å². The quantitative estimate of drug-likeness (QED) is 0.354. The summed E-state index contributed by atoms with van der Waals surface area (Å²) in [7, 11) is 0. The van der Waals surface area contributed by atoms with Gasteiger partial charge in [0.2, 0.25) is 0 Å². The summed E-state index contributed by atoms with van der Waals surface area (Å²) in [5.41, 5.74) is 3.63. The lowest BCUT2D eigenvalue weighted by atomic mass is 10.2. The number of allylic oxidation sites excluding steroid dienone is 1. The molecule has 3 aromatic carbocycles. The molecule has 4 aromatic rings. The Morgan fingerprint density at radius 2 is 1.39 bits per heavy atom. The third-order valence-electron chi connectivity index (χ3n) is 4.51. The third-order valence-corrected chi connectivity index (χ3v) is 4.84. The van der Waals surface area contributed by atoms with Crippen molar-refractivity contribution in [3.63, 3.8) is 0 Å². The summed E-state index contributed by atoms with van der Waals surface area (Å²) < 4.78 is 1.69. The number of halogens is 1. The van der Waals surface area contributed by atoms with Crippen LogP contribution in [0.3, 0.4) is 0 Å². The number of aromatic nitrogens is 1. The predicted octanol–water partition coefficient (Wildman–Crippen LogP) is 6.82. The molecule has 0 amide bonds. The summed E-state index contributed by atoms with van der Waals surface area (Å²) in [6.45, 7) is 0. The molecule has 0 saturated heterocycles. The molecule has 0 aliphatic carbocycles. The van der Waals surface area contributed by atoms with E-state index in [1.807, 2.05) is 103 Å². The van der Waals surface area contributed by atoms with Crippen LogP contribution >= 0.6 is 11.6 Å². The lowest BCUT2D eigenvalue weighted by Gasteiger charge is -2.04. The Labute approximate surface area is 169 Å². The summed E-state index contributed by atoms with van der Waals surface area (Å²) in [4.78, 5) is 13.0. The highest BCUT2D eigenvalue weighted by Gasteiger charge is 2.13. The van der Waals surface area contributed by atoms with Gasteiger partial charge in [-0.1, -0.05) is 84.4 Å². The molecule has 136 valence electrons. The number of hydrogen-bond donors (Lipinski definition) is 0. The molecular formula is C25H18ClNO. The molecule has 0 saturated carbocycles. The molecule has 28 heavy (non-hydrogen) atoms. The molecule has 0 aliphatic rings. The van der Waals surface area contributed by atoms with Gasteiger partial charge in [0.1, 0.15) is 0 Å². The van der Waals surface area contributed by atoms with E-state index in [-0.39, 0.29) is 5.91 Å². The SMILES string of the molecule is O=C(/C=C/c1ccccc1)n1c(/C=C/c2ccccc2)cc2c(Cl)cccc21. The lowest BCUT2D eigenvalue weighted by molar-refractivity contribution is 0.0974. The van der Waals surface area contributed by atoms with Gasteiger partial charge in [-0.15, -0.1) is 0 Å².